The molecule has 134 valence electrons. The Bertz CT molecular complexity index is 677. The first kappa shape index (κ1) is 17.7. The van der Waals surface area contributed by atoms with Crippen molar-refractivity contribution < 1.29 is 21.6 Å². The highest BCUT2D eigenvalue weighted by Crippen LogP contribution is 2.32. The molecule has 24 heavy (non-hydrogen) atoms. The van der Waals surface area contributed by atoms with E-state index < -0.39 is 21.8 Å². The third-order valence-electron chi connectivity index (χ3n) is 4.88. The predicted molar refractivity (Wildman–Crippen MR) is 84.0 cm³/mol. The summed E-state index contributed by atoms with van der Waals surface area (Å²) in [4.78, 5) is 2.12. The molecule has 0 amide bonds. The summed E-state index contributed by atoms with van der Waals surface area (Å²) in [6, 6.07) is 4.38. The molecule has 2 aliphatic rings. The summed E-state index contributed by atoms with van der Waals surface area (Å²) in [5, 5.41) is 0. The van der Waals surface area contributed by atoms with E-state index in [0.29, 0.717) is 19.1 Å². The number of alkyl halides is 3. The van der Waals surface area contributed by atoms with Crippen molar-refractivity contribution in [3.05, 3.63) is 29.8 Å². The van der Waals surface area contributed by atoms with Gasteiger partial charge < -0.3 is 4.90 Å². The fraction of sp³-hybridized carbons (Fsp3) is 0.625. The minimum atomic E-state index is -4.55. The second kappa shape index (κ2) is 6.65. The molecule has 0 spiro atoms. The number of piperidine rings is 1. The minimum absolute atomic E-state index is 0.281. The van der Waals surface area contributed by atoms with Gasteiger partial charge in [-0.3, -0.25) is 0 Å². The van der Waals surface area contributed by atoms with Gasteiger partial charge in [-0.05, 0) is 57.0 Å². The summed E-state index contributed by atoms with van der Waals surface area (Å²) >= 11 is 0. The van der Waals surface area contributed by atoms with Crippen molar-refractivity contribution in [2.75, 3.05) is 26.2 Å². The van der Waals surface area contributed by atoms with E-state index in [4.69, 9.17) is 0 Å². The molecule has 3 rings (SSSR count). The zero-order chi connectivity index (χ0) is 17.4. The maximum atomic E-state index is 12.8. The number of benzene rings is 1. The van der Waals surface area contributed by atoms with Crippen LogP contribution in [0.1, 0.15) is 31.2 Å². The van der Waals surface area contributed by atoms with Crippen LogP contribution in [0, 0.1) is 0 Å². The van der Waals surface area contributed by atoms with E-state index >= 15 is 0 Å². The standard InChI is InChI=1S/C16H21F3N2O2S/c17-16(18,19)13-4-3-5-15(12-13)24(22,23)21-10-6-14(7-11-21)20-8-1-2-9-20/h3-5,12,14H,1-2,6-11H2. The zero-order valence-corrected chi connectivity index (χ0v) is 14.1. The van der Waals surface area contributed by atoms with Crippen molar-refractivity contribution in [2.24, 2.45) is 0 Å². The summed E-state index contributed by atoms with van der Waals surface area (Å²) in [5.74, 6) is 0. The van der Waals surface area contributed by atoms with Crippen molar-refractivity contribution in [1.29, 1.82) is 0 Å². The molecule has 1 aromatic rings. The van der Waals surface area contributed by atoms with E-state index in [-0.39, 0.29) is 4.90 Å². The van der Waals surface area contributed by atoms with Crippen LogP contribution in [-0.4, -0.2) is 49.8 Å². The smallest absolute Gasteiger partial charge is 0.300 e. The first-order valence-electron chi connectivity index (χ1n) is 8.20. The number of likely N-dealkylation sites (tertiary alicyclic amines) is 1. The Morgan fingerprint density at radius 2 is 1.62 bits per heavy atom. The molecule has 0 unspecified atom stereocenters. The Balaban J connectivity index is 1.72. The van der Waals surface area contributed by atoms with Crippen molar-refractivity contribution in [2.45, 2.75) is 42.8 Å². The molecule has 4 nitrogen and oxygen atoms in total. The molecule has 1 aromatic carbocycles. The highest BCUT2D eigenvalue weighted by Gasteiger charge is 2.35. The topological polar surface area (TPSA) is 40.6 Å². The van der Waals surface area contributed by atoms with Crippen LogP contribution in [-0.2, 0) is 16.2 Å². The van der Waals surface area contributed by atoms with Gasteiger partial charge in [0, 0.05) is 19.1 Å². The monoisotopic (exact) mass is 362 g/mol. The second-order valence-electron chi connectivity index (χ2n) is 6.40. The molecule has 2 fully saturated rings. The lowest BCUT2D eigenvalue weighted by Gasteiger charge is -2.36. The summed E-state index contributed by atoms with van der Waals surface area (Å²) in [5.41, 5.74) is -0.935. The van der Waals surface area contributed by atoms with Crippen LogP contribution in [0.2, 0.25) is 0 Å². The lowest BCUT2D eigenvalue weighted by atomic mass is 10.1. The van der Waals surface area contributed by atoms with E-state index in [0.717, 1.165) is 44.1 Å². The number of nitrogens with zero attached hydrogens (tertiary/aromatic N) is 2. The maximum Gasteiger partial charge on any atom is 0.416 e. The lowest BCUT2D eigenvalue weighted by Crippen LogP contribution is -2.45. The lowest BCUT2D eigenvalue weighted by molar-refractivity contribution is -0.137. The van der Waals surface area contributed by atoms with Gasteiger partial charge in [0.1, 0.15) is 0 Å². The fourth-order valence-corrected chi connectivity index (χ4v) is 5.05. The molecular formula is C16H21F3N2O2S. The summed E-state index contributed by atoms with van der Waals surface area (Å²) in [7, 11) is -3.88. The molecule has 0 saturated carbocycles. The van der Waals surface area contributed by atoms with E-state index in [1.807, 2.05) is 0 Å². The van der Waals surface area contributed by atoms with Gasteiger partial charge in [0.25, 0.3) is 0 Å². The van der Waals surface area contributed by atoms with Crippen molar-refractivity contribution in [3.8, 4) is 0 Å². The predicted octanol–water partition coefficient (Wildman–Crippen LogP) is 2.95. The maximum absolute atomic E-state index is 12.8. The van der Waals surface area contributed by atoms with Gasteiger partial charge in [-0.15, -0.1) is 0 Å². The quantitative estimate of drug-likeness (QED) is 0.830. The largest absolute Gasteiger partial charge is 0.416 e. The van der Waals surface area contributed by atoms with Gasteiger partial charge in [-0.25, -0.2) is 8.42 Å². The molecule has 0 N–H and O–H groups in total. The average Bonchev–Trinajstić information content (AvgIpc) is 3.09. The van der Waals surface area contributed by atoms with Gasteiger partial charge in [-0.1, -0.05) is 6.07 Å². The molecule has 2 heterocycles. The number of sulfonamides is 1. The van der Waals surface area contributed by atoms with E-state index in [2.05, 4.69) is 4.90 Å². The number of hydrogen-bond donors (Lipinski definition) is 0. The Hall–Kier alpha value is -1.12. The van der Waals surface area contributed by atoms with Crippen LogP contribution in [0.5, 0.6) is 0 Å². The van der Waals surface area contributed by atoms with Gasteiger partial charge in [-0.2, -0.15) is 17.5 Å². The zero-order valence-electron chi connectivity index (χ0n) is 13.3. The summed E-state index contributed by atoms with van der Waals surface area (Å²) in [6.07, 6.45) is -0.712. The minimum Gasteiger partial charge on any atom is -0.300 e. The van der Waals surface area contributed by atoms with Gasteiger partial charge in [0.05, 0.1) is 10.5 Å². The normalized spacial score (nSPS) is 22.1. The number of halogens is 3. The molecule has 0 bridgehead atoms. The SMILES string of the molecule is O=S(=O)(c1cccc(C(F)(F)F)c1)N1CCC(N2CCCC2)CC1. The highest BCUT2D eigenvalue weighted by atomic mass is 32.2. The Kier molecular flexibility index (Phi) is 4.90. The van der Waals surface area contributed by atoms with Crippen LogP contribution in [0.15, 0.2) is 29.2 Å². The third kappa shape index (κ3) is 3.60. The molecule has 0 aromatic heterocycles. The van der Waals surface area contributed by atoms with Gasteiger partial charge in [0.2, 0.25) is 10.0 Å². The van der Waals surface area contributed by atoms with Gasteiger partial charge in [0.15, 0.2) is 0 Å². The van der Waals surface area contributed by atoms with Gasteiger partial charge >= 0.3 is 6.18 Å². The third-order valence-corrected chi connectivity index (χ3v) is 6.77. The molecule has 2 aliphatic heterocycles. The van der Waals surface area contributed by atoms with Crippen LogP contribution in [0.4, 0.5) is 13.2 Å². The van der Waals surface area contributed by atoms with E-state index in [9.17, 15) is 21.6 Å². The van der Waals surface area contributed by atoms with E-state index in [1.165, 1.54) is 23.2 Å². The first-order valence-corrected chi connectivity index (χ1v) is 9.64. The molecule has 2 saturated heterocycles. The van der Waals surface area contributed by atoms with Crippen molar-refractivity contribution >= 4 is 10.0 Å². The van der Waals surface area contributed by atoms with Crippen LogP contribution in [0.3, 0.4) is 0 Å². The van der Waals surface area contributed by atoms with Crippen LogP contribution < -0.4 is 0 Å². The first-order chi connectivity index (χ1) is 11.3. The fourth-order valence-electron chi connectivity index (χ4n) is 3.54. The van der Waals surface area contributed by atoms with Crippen molar-refractivity contribution in [3.63, 3.8) is 0 Å². The van der Waals surface area contributed by atoms with Crippen LogP contribution in [0.25, 0.3) is 0 Å². The highest BCUT2D eigenvalue weighted by molar-refractivity contribution is 7.89. The average molecular weight is 362 g/mol. The Morgan fingerprint density at radius 3 is 2.21 bits per heavy atom. The molecule has 0 atom stereocenters. The van der Waals surface area contributed by atoms with E-state index in [1.54, 1.807) is 0 Å². The molecule has 8 heteroatoms. The molecular weight excluding hydrogens is 341 g/mol. The Labute approximate surface area is 140 Å². The second-order valence-corrected chi connectivity index (χ2v) is 8.34. The molecule has 0 aliphatic carbocycles. The summed E-state index contributed by atoms with van der Waals surface area (Å²) in [6.45, 7) is 2.84. The van der Waals surface area contributed by atoms with Crippen molar-refractivity contribution in [1.82, 2.24) is 9.21 Å². The van der Waals surface area contributed by atoms with Crippen LogP contribution >= 0.6 is 0 Å². The number of hydrogen-bond acceptors (Lipinski definition) is 3. The molecule has 0 radical (unpaired) electrons. The summed E-state index contributed by atoms with van der Waals surface area (Å²) < 4.78 is 65.0. The number of rotatable bonds is 3. The Morgan fingerprint density at radius 1 is 1.00 bits per heavy atom.